The molecule has 1 aromatic carbocycles. The van der Waals surface area contributed by atoms with Crippen molar-refractivity contribution in [3.8, 4) is 0 Å². The molecule has 1 fully saturated rings. The molecule has 0 saturated carbocycles. The molecule has 1 unspecified atom stereocenters. The Hall–Kier alpha value is -1.55. The van der Waals surface area contributed by atoms with E-state index in [1.54, 1.807) is 4.90 Å². The minimum absolute atomic E-state index is 0.284. The van der Waals surface area contributed by atoms with Crippen LogP contribution < -0.4 is 0 Å². The van der Waals surface area contributed by atoms with Crippen LogP contribution in [0.1, 0.15) is 18.4 Å². The van der Waals surface area contributed by atoms with E-state index < -0.39 is 6.10 Å². The fourth-order valence-corrected chi connectivity index (χ4v) is 1.93. The van der Waals surface area contributed by atoms with Crippen molar-refractivity contribution in [3.63, 3.8) is 0 Å². The van der Waals surface area contributed by atoms with Crippen molar-refractivity contribution in [1.29, 1.82) is 0 Å². The number of benzene rings is 1. The van der Waals surface area contributed by atoms with Crippen LogP contribution in [0.4, 0.5) is 4.79 Å². The average Bonchev–Trinajstić information content (AvgIpc) is 2.37. The zero-order chi connectivity index (χ0) is 12.1. The van der Waals surface area contributed by atoms with Crippen molar-refractivity contribution >= 4 is 6.09 Å². The third kappa shape index (κ3) is 3.46. The summed E-state index contributed by atoms with van der Waals surface area (Å²) in [5, 5.41) is 9.46. The molecule has 1 N–H and O–H groups in total. The van der Waals surface area contributed by atoms with Crippen LogP contribution in [0.25, 0.3) is 0 Å². The standard InChI is InChI=1S/C13H17NO3/c15-12-7-4-8-14(9-12)13(16)17-10-11-5-2-1-3-6-11/h1-3,5-6,12,15H,4,7-10H2. The number of aliphatic hydroxyl groups is 1. The largest absolute Gasteiger partial charge is 0.445 e. The first kappa shape index (κ1) is 11.9. The van der Waals surface area contributed by atoms with Gasteiger partial charge in [-0.2, -0.15) is 0 Å². The second-order valence-electron chi connectivity index (χ2n) is 4.28. The summed E-state index contributed by atoms with van der Waals surface area (Å²) in [7, 11) is 0. The number of amides is 1. The molecule has 0 radical (unpaired) electrons. The molecule has 1 aliphatic rings. The van der Waals surface area contributed by atoms with Gasteiger partial charge in [-0.3, -0.25) is 0 Å². The van der Waals surface area contributed by atoms with E-state index in [4.69, 9.17) is 4.74 Å². The fourth-order valence-electron chi connectivity index (χ4n) is 1.93. The molecular weight excluding hydrogens is 218 g/mol. The van der Waals surface area contributed by atoms with Gasteiger partial charge in [0.2, 0.25) is 0 Å². The number of likely N-dealkylation sites (tertiary alicyclic amines) is 1. The molecule has 0 aliphatic carbocycles. The Kier molecular flexibility index (Phi) is 3.98. The third-order valence-corrected chi connectivity index (χ3v) is 2.86. The number of carbonyl (C=O) groups excluding carboxylic acids is 1. The summed E-state index contributed by atoms with van der Waals surface area (Å²) in [5.74, 6) is 0. The van der Waals surface area contributed by atoms with E-state index in [0.717, 1.165) is 18.4 Å². The summed E-state index contributed by atoms with van der Waals surface area (Å²) >= 11 is 0. The van der Waals surface area contributed by atoms with Crippen LogP contribution in [0.3, 0.4) is 0 Å². The van der Waals surface area contributed by atoms with E-state index >= 15 is 0 Å². The number of hydrogen-bond donors (Lipinski definition) is 1. The lowest BCUT2D eigenvalue weighted by molar-refractivity contribution is 0.0461. The number of rotatable bonds is 2. The maximum atomic E-state index is 11.7. The van der Waals surface area contributed by atoms with E-state index in [1.807, 2.05) is 30.3 Å². The van der Waals surface area contributed by atoms with E-state index in [1.165, 1.54) is 0 Å². The number of aliphatic hydroxyl groups excluding tert-OH is 1. The van der Waals surface area contributed by atoms with Gasteiger partial charge in [0.25, 0.3) is 0 Å². The molecule has 1 atom stereocenters. The number of nitrogens with zero attached hydrogens (tertiary/aromatic N) is 1. The molecule has 0 bridgehead atoms. The minimum atomic E-state index is -0.409. The normalized spacial score (nSPS) is 20.1. The first-order valence-electron chi connectivity index (χ1n) is 5.89. The molecule has 1 saturated heterocycles. The summed E-state index contributed by atoms with van der Waals surface area (Å²) in [6.45, 7) is 1.34. The first-order chi connectivity index (χ1) is 8.25. The van der Waals surface area contributed by atoms with Crippen LogP contribution in [0, 0.1) is 0 Å². The molecule has 1 heterocycles. The molecule has 17 heavy (non-hydrogen) atoms. The third-order valence-electron chi connectivity index (χ3n) is 2.86. The van der Waals surface area contributed by atoms with Gasteiger partial charge in [-0.15, -0.1) is 0 Å². The highest BCUT2D eigenvalue weighted by Gasteiger charge is 2.22. The van der Waals surface area contributed by atoms with Crippen LogP contribution in [0.5, 0.6) is 0 Å². The van der Waals surface area contributed by atoms with Gasteiger partial charge in [0.05, 0.1) is 6.10 Å². The van der Waals surface area contributed by atoms with Gasteiger partial charge in [-0.05, 0) is 18.4 Å². The lowest BCUT2D eigenvalue weighted by atomic mass is 10.1. The van der Waals surface area contributed by atoms with E-state index in [9.17, 15) is 9.90 Å². The number of β-amino-alcohol motifs (C(OH)–C–C–N with tert-alkyl or cyclic N) is 1. The van der Waals surface area contributed by atoms with Gasteiger partial charge in [-0.25, -0.2) is 4.79 Å². The SMILES string of the molecule is O=C(OCc1ccccc1)N1CCCC(O)C1. The fraction of sp³-hybridized carbons (Fsp3) is 0.462. The zero-order valence-corrected chi connectivity index (χ0v) is 9.71. The average molecular weight is 235 g/mol. The Labute approximate surface area is 101 Å². The van der Waals surface area contributed by atoms with Gasteiger partial charge in [0, 0.05) is 13.1 Å². The molecule has 2 rings (SSSR count). The number of piperidine rings is 1. The molecule has 92 valence electrons. The molecule has 4 nitrogen and oxygen atoms in total. The van der Waals surface area contributed by atoms with E-state index in [-0.39, 0.29) is 12.7 Å². The predicted molar refractivity (Wildman–Crippen MR) is 63.4 cm³/mol. The monoisotopic (exact) mass is 235 g/mol. The zero-order valence-electron chi connectivity index (χ0n) is 9.71. The molecule has 0 aromatic heterocycles. The van der Waals surface area contributed by atoms with E-state index in [2.05, 4.69) is 0 Å². The second-order valence-corrected chi connectivity index (χ2v) is 4.28. The summed E-state index contributed by atoms with van der Waals surface area (Å²) < 4.78 is 5.19. The van der Waals surface area contributed by atoms with Gasteiger partial charge < -0.3 is 14.7 Å². The lowest BCUT2D eigenvalue weighted by Gasteiger charge is -2.29. The van der Waals surface area contributed by atoms with Crippen LogP contribution in [-0.2, 0) is 11.3 Å². The Morgan fingerprint density at radius 3 is 2.88 bits per heavy atom. The number of carbonyl (C=O) groups is 1. The summed E-state index contributed by atoms with van der Waals surface area (Å²) in [6, 6.07) is 9.57. The van der Waals surface area contributed by atoms with Crippen LogP contribution in [0.2, 0.25) is 0 Å². The predicted octanol–water partition coefficient (Wildman–Crippen LogP) is 1.78. The van der Waals surface area contributed by atoms with E-state index in [0.29, 0.717) is 13.1 Å². The lowest BCUT2D eigenvalue weighted by Crippen LogP contribution is -2.42. The summed E-state index contributed by atoms with van der Waals surface area (Å²) in [6.07, 6.45) is 0.852. The molecule has 0 spiro atoms. The Bertz CT molecular complexity index is 366. The highest BCUT2D eigenvalue weighted by atomic mass is 16.6. The van der Waals surface area contributed by atoms with Gasteiger partial charge >= 0.3 is 6.09 Å². The topological polar surface area (TPSA) is 49.8 Å². The van der Waals surface area contributed by atoms with Crippen LogP contribution in [-0.4, -0.2) is 35.3 Å². The smallest absolute Gasteiger partial charge is 0.410 e. The van der Waals surface area contributed by atoms with Gasteiger partial charge in [-0.1, -0.05) is 30.3 Å². The van der Waals surface area contributed by atoms with Crippen molar-refractivity contribution in [2.75, 3.05) is 13.1 Å². The molecule has 1 aromatic rings. The van der Waals surface area contributed by atoms with Crippen molar-refractivity contribution in [1.82, 2.24) is 4.90 Å². The molecule has 4 heteroatoms. The van der Waals surface area contributed by atoms with Crippen molar-refractivity contribution in [2.45, 2.75) is 25.6 Å². The van der Waals surface area contributed by atoms with Crippen molar-refractivity contribution < 1.29 is 14.6 Å². The second kappa shape index (κ2) is 5.68. The Morgan fingerprint density at radius 2 is 2.18 bits per heavy atom. The van der Waals surface area contributed by atoms with Crippen molar-refractivity contribution in [2.24, 2.45) is 0 Å². The molecule has 1 aliphatic heterocycles. The van der Waals surface area contributed by atoms with Crippen LogP contribution >= 0.6 is 0 Å². The van der Waals surface area contributed by atoms with Crippen LogP contribution in [0.15, 0.2) is 30.3 Å². The van der Waals surface area contributed by atoms with Gasteiger partial charge in [0.1, 0.15) is 6.61 Å². The minimum Gasteiger partial charge on any atom is -0.445 e. The maximum absolute atomic E-state index is 11.7. The van der Waals surface area contributed by atoms with Crippen molar-refractivity contribution in [3.05, 3.63) is 35.9 Å². The maximum Gasteiger partial charge on any atom is 0.410 e. The Balaban J connectivity index is 1.81. The number of hydrogen-bond acceptors (Lipinski definition) is 3. The van der Waals surface area contributed by atoms with Gasteiger partial charge in [0.15, 0.2) is 0 Å². The Morgan fingerprint density at radius 1 is 1.41 bits per heavy atom. The quantitative estimate of drug-likeness (QED) is 0.850. The highest BCUT2D eigenvalue weighted by molar-refractivity contribution is 5.67. The molecular formula is C13H17NO3. The summed E-state index contributed by atoms with van der Waals surface area (Å²) in [5.41, 5.74) is 0.971. The first-order valence-corrected chi connectivity index (χ1v) is 5.89. The highest BCUT2D eigenvalue weighted by Crippen LogP contribution is 2.11. The summed E-state index contributed by atoms with van der Waals surface area (Å²) in [4.78, 5) is 13.3. The molecule has 1 amide bonds. The number of ether oxygens (including phenoxy) is 1.